The number of nitrogens with one attached hydrogen (secondary N) is 1. The van der Waals surface area contributed by atoms with Crippen molar-refractivity contribution < 1.29 is 9.47 Å². The van der Waals surface area contributed by atoms with Crippen molar-refractivity contribution in [3.63, 3.8) is 0 Å². The third-order valence-corrected chi connectivity index (χ3v) is 4.45. The molecule has 0 unspecified atom stereocenters. The average Bonchev–Trinajstić information content (AvgIpc) is 2.50. The van der Waals surface area contributed by atoms with Gasteiger partial charge in [-0.05, 0) is 71.8 Å². The van der Waals surface area contributed by atoms with E-state index in [4.69, 9.17) is 21.1 Å². The van der Waals surface area contributed by atoms with Gasteiger partial charge in [0.15, 0.2) is 11.5 Å². The van der Waals surface area contributed by atoms with Crippen molar-refractivity contribution in [3.05, 3.63) is 50.1 Å². The van der Waals surface area contributed by atoms with Crippen LogP contribution in [0.5, 0.6) is 11.5 Å². The Morgan fingerprint density at radius 2 is 2.00 bits per heavy atom. The fourth-order valence-electron chi connectivity index (χ4n) is 2.07. The topological polar surface area (TPSA) is 30.5 Å². The zero-order valence-electron chi connectivity index (χ0n) is 12.9. The molecule has 3 nitrogen and oxygen atoms in total. The van der Waals surface area contributed by atoms with Crippen molar-refractivity contribution in [2.24, 2.45) is 0 Å². The van der Waals surface area contributed by atoms with Crippen LogP contribution in [-0.2, 0) is 6.54 Å². The van der Waals surface area contributed by atoms with Gasteiger partial charge >= 0.3 is 0 Å². The molecular formula is C17H19ClINO2. The summed E-state index contributed by atoms with van der Waals surface area (Å²) < 4.78 is 12.1. The minimum Gasteiger partial charge on any atom is -0.493 e. The Balaban J connectivity index is 2.15. The lowest BCUT2D eigenvalue weighted by molar-refractivity contribution is 0.308. The van der Waals surface area contributed by atoms with E-state index in [2.05, 4.69) is 34.0 Å². The molecule has 0 aliphatic rings. The molecule has 0 radical (unpaired) electrons. The van der Waals surface area contributed by atoms with E-state index in [1.165, 1.54) is 0 Å². The first-order valence-electron chi connectivity index (χ1n) is 7.04. The SMILES string of the molecule is CCOc1c(I)cc(CNc2ccc(C)c(Cl)c2)cc1OC. The van der Waals surface area contributed by atoms with Gasteiger partial charge < -0.3 is 14.8 Å². The van der Waals surface area contributed by atoms with Gasteiger partial charge in [0.25, 0.3) is 0 Å². The fraction of sp³-hybridized carbons (Fsp3) is 0.294. The highest BCUT2D eigenvalue weighted by Crippen LogP contribution is 2.34. The highest BCUT2D eigenvalue weighted by molar-refractivity contribution is 14.1. The predicted octanol–water partition coefficient (Wildman–Crippen LogP) is 5.27. The summed E-state index contributed by atoms with van der Waals surface area (Å²) in [5.41, 5.74) is 3.20. The van der Waals surface area contributed by atoms with Gasteiger partial charge in [-0.2, -0.15) is 0 Å². The molecule has 0 aromatic heterocycles. The van der Waals surface area contributed by atoms with Crippen LogP contribution in [0.1, 0.15) is 18.1 Å². The summed E-state index contributed by atoms with van der Waals surface area (Å²) in [5.74, 6) is 1.56. The molecule has 2 aromatic rings. The van der Waals surface area contributed by atoms with Crippen LogP contribution >= 0.6 is 34.2 Å². The minimum absolute atomic E-state index is 0.617. The van der Waals surface area contributed by atoms with Gasteiger partial charge in [0, 0.05) is 17.3 Å². The van der Waals surface area contributed by atoms with E-state index in [0.29, 0.717) is 13.2 Å². The normalized spacial score (nSPS) is 10.4. The van der Waals surface area contributed by atoms with Crippen LogP contribution in [0.15, 0.2) is 30.3 Å². The van der Waals surface area contributed by atoms with Gasteiger partial charge in [-0.3, -0.25) is 0 Å². The summed E-state index contributed by atoms with van der Waals surface area (Å²) in [7, 11) is 1.66. The van der Waals surface area contributed by atoms with E-state index in [0.717, 1.165) is 36.9 Å². The maximum atomic E-state index is 6.15. The van der Waals surface area contributed by atoms with Gasteiger partial charge in [-0.15, -0.1) is 0 Å². The molecule has 0 saturated heterocycles. The summed E-state index contributed by atoms with van der Waals surface area (Å²) in [5, 5.41) is 4.14. The van der Waals surface area contributed by atoms with E-state index in [-0.39, 0.29) is 0 Å². The molecule has 1 N–H and O–H groups in total. The number of benzene rings is 2. The summed E-state index contributed by atoms with van der Waals surface area (Å²) in [6.07, 6.45) is 0. The number of hydrogen-bond acceptors (Lipinski definition) is 3. The lowest BCUT2D eigenvalue weighted by Crippen LogP contribution is -2.03. The minimum atomic E-state index is 0.617. The highest BCUT2D eigenvalue weighted by atomic mass is 127. The summed E-state index contributed by atoms with van der Waals surface area (Å²) >= 11 is 8.41. The molecule has 0 amide bonds. The quantitative estimate of drug-likeness (QED) is 0.632. The van der Waals surface area contributed by atoms with Crippen molar-refractivity contribution in [2.75, 3.05) is 19.0 Å². The van der Waals surface area contributed by atoms with Crippen molar-refractivity contribution >= 4 is 39.9 Å². The first-order valence-corrected chi connectivity index (χ1v) is 8.50. The monoisotopic (exact) mass is 431 g/mol. The molecule has 22 heavy (non-hydrogen) atoms. The molecule has 0 fully saturated rings. The van der Waals surface area contributed by atoms with Crippen LogP contribution in [0.4, 0.5) is 5.69 Å². The molecule has 0 bridgehead atoms. The third-order valence-electron chi connectivity index (χ3n) is 3.25. The Bertz CT molecular complexity index is 661. The van der Waals surface area contributed by atoms with Crippen molar-refractivity contribution in [1.29, 1.82) is 0 Å². The first-order chi connectivity index (χ1) is 10.5. The predicted molar refractivity (Wildman–Crippen MR) is 100 cm³/mol. The second-order valence-electron chi connectivity index (χ2n) is 4.86. The Morgan fingerprint density at radius 1 is 1.23 bits per heavy atom. The number of anilines is 1. The van der Waals surface area contributed by atoms with Gasteiger partial charge in [-0.1, -0.05) is 17.7 Å². The van der Waals surface area contributed by atoms with E-state index in [1.807, 2.05) is 38.1 Å². The van der Waals surface area contributed by atoms with E-state index in [9.17, 15) is 0 Å². The molecule has 5 heteroatoms. The molecule has 2 rings (SSSR count). The smallest absolute Gasteiger partial charge is 0.174 e. The zero-order valence-corrected chi connectivity index (χ0v) is 15.8. The van der Waals surface area contributed by atoms with Crippen LogP contribution in [0.2, 0.25) is 5.02 Å². The van der Waals surface area contributed by atoms with E-state index >= 15 is 0 Å². The fourth-order valence-corrected chi connectivity index (χ4v) is 3.07. The summed E-state index contributed by atoms with van der Waals surface area (Å²) in [6, 6.07) is 10.1. The molecular weight excluding hydrogens is 413 g/mol. The van der Waals surface area contributed by atoms with Gasteiger partial charge in [0.2, 0.25) is 0 Å². The molecule has 118 valence electrons. The van der Waals surface area contributed by atoms with E-state index < -0.39 is 0 Å². The number of halogens is 2. The Morgan fingerprint density at radius 3 is 2.64 bits per heavy atom. The van der Waals surface area contributed by atoms with Crippen LogP contribution in [0, 0.1) is 10.5 Å². The number of ether oxygens (including phenoxy) is 2. The molecule has 0 aliphatic carbocycles. The Labute approximate surface area is 150 Å². The lowest BCUT2D eigenvalue weighted by Gasteiger charge is -2.14. The summed E-state index contributed by atoms with van der Waals surface area (Å²) in [6.45, 7) is 5.27. The number of aryl methyl sites for hydroxylation is 1. The van der Waals surface area contributed by atoms with Crippen LogP contribution in [0.25, 0.3) is 0 Å². The zero-order chi connectivity index (χ0) is 16.1. The lowest BCUT2D eigenvalue weighted by atomic mass is 10.2. The largest absolute Gasteiger partial charge is 0.493 e. The molecule has 0 heterocycles. The molecule has 0 atom stereocenters. The number of rotatable bonds is 6. The number of methoxy groups -OCH3 is 1. The highest BCUT2D eigenvalue weighted by Gasteiger charge is 2.11. The van der Waals surface area contributed by atoms with Crippen molar-refractivity contribution in [2.45, 2.75) is 20.4 Å². The maximum Gasteiger partial charge on any atom is 0.174 e. The molecule has 2 aromatic carbocycles. The van der Waals surface area contributed by atoms with Crippen LogP contribution in [-0.4, -0.2) is 13.7 Å². The second-order valence-corrected chi connectivity index (χ2v) is 6.43. The van der Waals surface area contributed by atoms with Gasteiger partial charge in [-0.25, -0.2) is 0 Å². The number of hydrogen-bond donors (Lipinski definition) is 1. The Kier molecular flexibility index (Phi) is 6.20. The van der Waals surface area contributed by atoms with E-state index in [1.54, 1.807) is 7.11 Å². The first kappa shape index (κ1) is 17.2. The van der Waals surface area contributed by atoms with Crippen molar-refractivity contribution in [3.8, 4) is 11.5 Å². The average molecular weight is 432 g/mol. The standard InChI is InChI=1S/C17H19ClINO2/c1-4-22-17-15(19)7-12(8-16(17)21-3)10-20-13-6-5-11(2)14(18)9-13/h5-9,20H,4,10H2,1-3H3. The molecule has 0 spiro atoms. The molecule has 0 saturated carbocycles. The van der Waals surface area contributed by atoms with Crippen LogP contribution < -0.4 is 14.8 Å². The maximum absolute atomic E-state index is 6.15. The molecule has 0 aliphatic heterocycles. The van der Waals surface area contributed by atoms with Crippen LogP contribution in [0.3, 0.4) is 0 Å². The summed E-state index contributed by atoms with van der Waals surface area (Å²) in [4.78, 5) is 0. The van der Waals surface area contributed by atoms with Gasteiger partial charge in [0.05, 0.1) is 17.3 Å². The second kappa shape index (κ2) is 7.92. The van der Waals surface area contributed by atoms with Gasteiger partial charge in [0.1, 0.15) is 0 Å². The third kappa shape index (κ3) is 4.20. The van der Waals surface area contributed by atoms with Crippen molar-refractivity contribution in [1.82, 2.24) is 0 Å². The Hall–Kier alpha value is -1.14.